The zero-order chi connectivity index (χ0) is 12.6. The second kappa shape index (κ2) is 4.05. The monoisotopic (exact) mass is 272 g/mol. The molecule has 0 fully saturated rings. The summed E-state index contributed by atoms with van der Waals surface area (Å²) in [4.78, 5) is 38.7. The minimum absolute atomic E-state index is 0.562. The Morgan fingerprint density at radius 3 is 2.12 bits per heavy atom. The lowest BCUT2D eigenvalue weighted by Gasteiger charge is -2.29. The molecule has 0 saturated heterocycles. The fourth-order valence-corrected chi connectivity index (χ4v) is 3.50. The highest BCUT2D eigenvalue weighted by Gasteiger charge is 2.51. The summed E-state index contributed by atoms with van der Waals surface area (Å²) in [5.74, 6) is 0. The van der Waals surface area contributed by atoms with Crippen LogP contribution in [-0.4, -0.2) is 40.4 Å². The molecule has 16 heavy (non-hydrogen) atoms. The molecule has 11 heteroatoms. The first-order valence-corrected chi connectivity index (χ1v) is 7.28. The second-order valence-corrected chi connectivity index (χ2v) is 6.56. The van der Waals surface area contributed by atoms with Crippen LogP contribution in [-0.2, 0) is 14.6 Å². The van der Waals surface area contributed by atoms with E-state index in [1.165, 1.54) is 0 Å². The van der Waals surface area contributed by atoms with Crippen molar-refractivity contribution in [2.75, 3.05) is 6.16 Å². The highest BCUT2D eigenvalue weighted by Crippen LogP contribution is 2.57. The lowest BCUT2D eigenvalue weighted by molar-refractivity contribution is 0.0383. The van der Waals surface area contributed by atoms with Gasteiger partial charge in [0, 0.05) is 12.4 Å². The molecule has 0 radical (unpaired) electrons. The van der Waals surface area contributed by atoms with E-state index in [0.717, 1.165) is 18.7 Å². The average molecular weight is 272 g/mol. The van der Waals surface area contributed by atoms with Crippen molar-refractivity contribution in [1.29, 1.82) is 0 Å². The van der Waals surface area contributed by atoms with Crippen LogP contribution in [0.5, 0.6) is 0 Å². The Balaban J connectivity index is 3.25. The summed E-state index contributed by atoms with van der Waals surface area (Å²) in [5, 5.41) is 9.71. The van der Waals surface area contributed by atoms with Crippen molar-refractivity contribution in [1.82, 2.24) is 9.55 Å². The van der Waals surface area contributed by atoms with Crippen LogP contribution in [0.2, 0.25) is 0 Å². The third-order valence-corrected chi connectivity index (χ3v) is 4.23. The van der Waals surface area contributed by atoms with E-state index in [9.17, 15) is 14.2 Å². The third-order valence-electron chi connectivity index (χ3n) is 1.80. The molecular formula is C5H10N2O7P2. The van der Waals surface area contributed by atoms with Gasteiger partial charge >= 0.3 is 15.2 Å². The van der Waals surface area contributed by atoms with Crippen molar-refractivity contribution in [3.05, 3.63) is 18.7 Å². The second-order valence-electron chi connectivity index (χ2n) is 3.11. The highest BCUT2D eigenvalue weighted by atomic mass is 31.2. The predicted octanol–water partition coefficient (Wildman–Crippen LogP) is -1.16. The average Bonchev–Trinajstić information content (AvgIpc) is 2.49. The summed E-state index contributed by atoms with van der Waals surface area (Å²) in [6, 6.07) is 0. The number of aliphatic hydroxyl groups is 1. The van der Waals surface area contributed by atoms with Gasteiger partial charge in [0.15, 0.2) is 0 Å². The topological polar surface area (TPSA) is 153 Å². The number of aromatic nitrogens is 2. The highest BCUT2D eigenvalue weighted by molar-refractivity contribution is 7.56. The van der Waals surface area contributed by atoms with Crippen LogP contribution in [0.1, 0.15) is 0 Å². The molecule has 1 aromatic rings. The summed E-state index contributed by atoms with van der Waals surface area (Å²) in [6.07, 6.45) is 1.56. The Morgan fingerprint density at radius 1 is 1.25 bits per heavy atom. The molecule has 9 nitrogen and oxygen atoms in total. The van der Waals surface area contributed by atoms with Crippen molar-refractivity contribution in [3.63, 3.8) is 0 Å². The fraction of sp³-hybridized carbons (Fsp3) is 0.400. The van der Waals surface area contributed by atoms with Crippen molar-refractivity contribution < 1.29 is 33.8 Å². The molecule has 0 aromatic carbocycles. The Kier molecular flexibility index (Phi) is 3.42. The van der Waals surface area contributed by atoms with E-state index >= 15 is 0 Å². The van der Waals surface area contributed by atoms with E-state index in [1.807, 2.05) is 0 Å². The molecule has 1 aromatic heterocycles. The Labute approximate surface area is 89.7 Å². The Bertz CT molecular complexity index is 447. The van der Waals surface area contributed by atoms with Gasteiger partial charge in [-0.2, -0.15) is 0 Å². The maximum absolute atomic E-state index is 11.1. The van der Waals surface area contributed by atoms with E-state index in [0.29, 0.717) is 4.57 Å². The first-order valence-electron chi connectivity index (χ1n) is 3.87. The summed E-state index contributed by atoms with van der Waals surface area (Å²) in [6.45, 7) is 0. The molecule has 0 saturated carbocycles. The minimum atomic E-state index is -5.19. The zero-order valence-electron chi connectivity index (χ0n) is 7.78. The van der Waals surface area contributed by atoms with Crippen LogP contribution in [0.15, 0.2) is 18.7 Å². The molecule has 5 N–H and O–H groups in total. The number of imidazole rings is 1. The molecule has 0 amide bonds. The predicted molar refractivity (Wildman–Crippen MR) is 51.4 cm³/mol. The van der Waals surface area contributed by atoms with Crippen molar-refractivity contribution in [2.24, 2.45) is 0 Å². The van der Waals surface area contributed by atoms with Crippen LogP contribution in [0, 0.1) is 0 Å². The molecule has 0 aliphatic heterocycles. The van der Waals surface area contributed by atoms with Gasteiger partial charge in [0.05, 0.1) is 6.33 Å². The van der Waals surface area contributed by atoms with Gasteiger partial charge in [-0.3, -0.25) is 13.7 Å². The van der Waals surface area contributed by atoms with Crippen LogP contribution in [0.25, 0.3) is 0 Å². The van der Waals surface area contributed by atoms with Gasteiger partial charge in [0.1, 0.15) is 6.16 Å². The molecule has 0 aliphatic carbocycles. The standard InChI is InChI=1S/C5H10N2O7P2/c8-5(16(12,13)14,3-15(9,10)11)7-2-1-6-4-7/h1-2,4,8H,3H2,(H2,9,10,11)(H2,12,13,14). The van der Waals surface area contributed by atoms with Gasteiger partial charge in [-0.25, -0.2) is 4.98 Å². The SMILES string of the molecule is O=P(O)(O)CC(O)(n1ccnc1)P(=O)(O)O. The minimum Gasteiger partial charge on any atom is -0.360 e. The van der Waals surface area contributed by atoms with Gasteiger partial charge in [-0.05, 0) is 0 Å². The first-order chi connectivity index (χ1) is 7.06. The van der Waals surface area contributed by atoms with Crippen LogP contribution in [0.4, 0.5) is 0 Å². The normalized spacial score (nSPS) is 17.1. The molecule has 0 bridgehead atoms. The van der Waals surface area contributed by atoms with E-state index in [-0.39, 0.29) is 0 Å². The number of rotatable bonds is 4. The molecule has 1 unspecified atom stereocenters. The maximum Gasteiger partial charge on any atom is 0.378 e. The molecule has 0 aliphatic rings. The van der Waals surface area contributed by atoms with Gasteiger partial charge in [-0.1, -0.05) is 0 Å². The van der Waals surface area contributed by atoms with E-state index in [2.05, 4.69) is 4.98 Å². The smallest absolute Gasteiger partial charge is 0.360 e. The zero-order valence-corrected chi connectivity index (χ0v) is 9.57. The largest absolute Gasteiger partial charge is 0.378 e. The molecule has 1 atom stereocenters. The van der Waals surface area contributed by atoms with Crippen molar-refractivity contribution >= 4 is 15.2 Å². The number of hydrogen-bond donors (Lipinski definition) is 5. The summed E-state index contributed by atoms with van der Waals surface area (Å²) in [5.41, 5.74) is -3.00. The maximum atomic E-state index is 11.1. The van der Waals surface area contributed by atoms with Gasteiger partial charge in [0.25, 0.3) is 5.47 Å². The quantitative estimate of drug-likeness (QED) is 0.430. The third kappa shape index (κ3) is 2.78. The lowest BCUT2D eigenvalue weighted by atomic mass is 10.6. The van der Waals surface area contributed by atoms with E-state index in [1.54, 1.807) is 0 Å². The number of nitrogens with zero attached hydrogens (tertiary/aromatic N) is 2. The van der Waals surface area contributed by atoms with Gasteiger partial charge < -0.3 is 24.7 Å². The van der Waals surface area contributed by atoms with Gasteiger partial charge in [-0.15, -0.1) is 0 Å². The van der Waals surface area contributed by atoms with Crippen molar-refractivity contribution in [3.8, 4) is 0 Å². The van der Waals surface area contributed by atoms with Crippen LogP contribution < -0.4 is 0 Å². The molecular weight excluding hydrogens is 262 g/mol. The van der Waals surface area contributed by atoms with E-state index < -0.39 is 26.8 Å². The summed E-state index contributed by atoms with van der Waals surface area (Å²) < 4.78 is 22.4. The molecule has 1 heterocycles. The van der Waals surface area contributed by atoms with Crippen molar-refractivity contribution in [2.45, 2.75) is 5.47 Å². The summed E-state index contributed by atoms with van der Waals surface area (Å²) >= 11 is 0. The van der Waals surface area contributed by atoms with E-state index in [4.69, 9.17) is 19.6 Å². The number of hydrogen-bond acceptors (Lipinski definition) is 4. The van der Waals surface area contributed by atoms with Crippen LogP contribution in [0.3, 0.4) is 0 Å². The first kappa shape index (κ1) is 13.5. The fourth-order valence-electron chi connectivity index (χ4n) is 1.07. The Hall–Kier alpha value is -0.530. The van der Waals surface area contributed by atoms with Crippen LogP contribution >= 0.6 is 15.2 Å². The van der Waals surface area contributed by atoms with Gasteiger partial charge in [0.2, 0.25) is 0 Å². The lowest BCUT2D eigenvalue weighted by Crippen LogP contribution is -2.36. The summed E-state index contributed by atoms with van der Waals surface area (Å²) in [7, 11) is -10.0. The molecule has 1 rings (SSSR count). The Morgan fingerprint density at radius 2 is 1.81 bits per heavy atom. The molecule has 0 spiro atoms. The molecule has 92 valence electrons.